The SMILES string of the molecule is Fc1cc(-c2ccc(-c3ccc4cc(-c5ccc(-c6nc7ccccc7o6)nc5)ccc4c3)cc2)cc(F)c1F. The maximum absolute atomic E-state index is 13.7. The Morgan fingerprint density at radius 1 is 0.525 bits per heavy atom. The molecule has 40 heavy (non-hydrogen) atoms. The van der Waals surface area contributed by atoms with E-state index in [0.29, 0.717) is 17.1 Å². The molecule has 0 radical (unpaired) electrons. The largest absolute Gasteiger partial charge is 0.435 e. The quantitative estimate of drug-likeness (QED) is 0.214. The zero-order valence-corrected chi connectivity index (χ0v) is 20.9. The standard InChI is InChI=1S/C34H19F3N2O/c35-28-17-27(18-29(36)33(28)37)21-7-5-20(6-8-21)22-9-10-24-16-25(12-11-23(24)15-22)26-13-14-31(38-19-26)34-39-30-3-1-2-4-32(30)40-34/h1-19H. The van der Waals surface area contributed by atoms with Crippen LogP contribution in [-0.2, 0) is 0 Å². The van der Waals surface area contributed by atoms with Crippen LogP contribution in [0.1, 0.15) is 0 Å². The first kappa shape index (κ1) is 23.9. The highest BCUT2D eigenvalue weighted by Gasteiger charge is 2.12. The molecular formula is C34H19F3N2O. The Hall–Kier alpha value is -5.23. The summed E-state index contributed by atoms with van der Waals surface area (Å²) in [5, 5.41) is 2.15. The van der Waals surface area contributed by atoms with Crippen molar-refractivity contribution in [3.63, 3.8) is 0 Å². The van der Waals surface area contributed by atoms with Crippen LogP contribution in [0.3, 0.4) is 0 Å². The van der Waals surface area contributed by atoms with E-state index in [-0.39, 0.29) is 5.56 Å². The molecule has 192 valence electrons. The zero-order chi connectivity index (χ0) is 27.2. The minimum absolute atomic E-state index is 0.283. The first-order valence-corrected chi connectivity index (χ1v) is 12.6. The lowest BCUT2D eigenvalue weighted by molar-refractivity contribution is 0.448. The predicted molar refractivity (Wildman–Crippen MR) is 151 cm³/mol. The Bertz CT molecular complexity index is 1970. The van der Waals surface area contributed by atoms with Gasteiger partial charge in [0.05, 0.1) is 0 Å². The summed E-state index contributed by atoms with van der Waals surface area (Å²) in [7, 11) is 0. The first-order valence-electron chi connectivity index (χ1n) is 12.6. The van der Waals surface area contributed by atoms with Crippen LogP contribution in [0.5, 0.6) is 0 Å². The highest BCUT2D eigenvalue weighted by Crippen LogP contribution is 2.31. The first-order chi connectivity index (χ1) is 19.5. The van der Waals surface area contributed by atoms with Crippen molar-refractivity contribution in [3.8, 4) is 45.0 Å². The molecule has 5 aromatic carbocycles. The Morgan fingerprint density at radius 2 is 1.10 bits per heavy atom. The topological polar surface area (TPSA) is 38.9 Å². The van der Waals surface area contributed by atoms with Gasteiger partial charge in [-0.15, -0.1) is 0 Å². The molecule has 0 atom stereocenters. The van der Waals surface area contributed by atoms with Crippen LogP contribution in [0.15, 0.2) is 120 Å². The maximum atomic E-state index is 13.7. The van der Waals surface area contributed by atoms with Crippen molar-refractivity contribution in [3.05, 3.63) is 133 Å². The summed E-state index contributed by atoms with van der Waals surface area (Å²) in [6.07, 6.45) is 1.82. The van der Waals surface area contributed by atoms with Crippen molar-refractivity contribution < 1.29 is 17.6 Å². The van der Waals surface area contributed by atoms with Crippen LogP contribution in [0.25, 0.3) is 66.8 Å². The van der Waals surface area contributed by atoms with Gasteiger partial charge < -0.3 is 4.42 Å². The van der Waals surface area contributed by atoms with Gasteiger partial charge in [-0.25, -0.2) is 18.2 Å². The van der Waals surface area contributed by atoms with Crippen LogP contribution >= 0.6 is 0 Å². The van der Waals surface area contributed by atoms with E-state index in [9.17, 15) is 13.2 Å². The van der Waals surface area contributed by atoms with Crippen molar-refractivity contribution in [1.29, 1.82) is 0 Å². The van der Waals surface area contributed by atoms with Crippen LogP contribution in [-0.4, -0.2) is 9.97 Å². The van der Waals surface area contributed by atoms with Crippen molar-refractivity contribution in [1.82, 2.24) is 9.97 Å². The molecule has 0 unspecified atom stereocenters. The van der Waals surface area contributed by atoms with Gasteiger partial charge in [-0.05, 0) is 81.1 Å². The summed E-state index contributed by atoms with van der Waals surface area (Å²) in [5.74, 6) is -3.39. The molecule has 0 amide bonds. The van der Waals surface area contributed by atoms with Crippen LogP contribution in [0.4, 0.5) is 13.2 Å². The number of aromatic nitrogens is 2. The van der Waals surface area contributed by atoms with Crippen LogP contribution in [0.2, 0.25) is 0 Å². The summed E-state index contributed by atoms with van der Waals surface area (Å²) in [6, 6.07) is 33.3. The molecule has 0 spiro atoms. The van der Waals surface area contributed by atoms with Crippen LogP contribution in [0, 0.1) is 17.5 Å². The number of pyridine rings is 1. The average molecular weight is 529 g/mol. The lowest BCUT2D eigenvalue weighted by Crippen LogP contribution is -1.91. The zero-order valence-electron chi connectivity index (χ0n) is 20.9. The molecule has 0 saturated heterocycles. The second-order valence-electron chi connectivity index (χ2n) is 9.53. The second kappa shape index (κ2) is 9.50. The minimum atomic E-state index is -1.46. The molecule has 0 fully saturated rings. The summed E-state index contributed by atoms with van der Waals surface area (Å²) >= 11 is 0. The van der Waals surface area contributed by atoms with Crippen molar-refractivity contribution in [2.45, 2.75) is 0 Å². The Balaban J connectivity index is 1.14. The van der Waals surface area contributed by atoms with Gasteiger partial charge in [0.15, 0.2) is 23.0 Å². The second-order valence-corrected chi connectivity index (χ2v) is 9.53. The number of hydrogen-bond donors (Lipinski definition) is 0. The minimum Gasteiger partial charge on any atom is -0.435 e. The smallest absolute Gasteiger partial charge is 0.246 e. The van der Waals surface area contributed by atoms with Gasteiger partial charge in [0.25, 0.3) is 0 Å². The van der Waals surface area contributed by atoms with Gasteiger partial charge in [-0.2, -0.15) is 0 Å². The van der Waals surface area contributed by atoms with E-state index < -0.39 is 17.5 Å². The van der Waals surface area contributed by atoms with E-state index >= 15 is 0 Å². The van der Waals surface area contributed by atoms with Gasteiger partial charge in [0.1, 0.15) is 11.2 Å². The number of oxazole rings is 1. The fourth-order valence-electron chi connectivity index (χ4n) is 4.86. The third kappa shape index (κ3) is 4.29. The van der Waals surface area contributed by atoms with Crippen molar-refractivity contribution in [2.24, 2.45) is 0 Å². The average Bonchev–Trinajstić information content (AvgIpc) is 3.44. The summed E-state index contributed by atoms with van der Waals surface area (Å²) in [5.41, 5.74) is 7.07. The third-order valence-electron chi connectivity index (χ3n) is 6.99. The lowest BCUT2D eigenvalue weighted by Gasteiger charge is -2.09. The highest BCUT2D eigenvalue weighted by molar-refractivity contribution is 5.91. The molecule has 3 nitrogen and oxygen atoms in total. The number of para-hydroxylation sites is 2. The monoisotopic (exact) mass is 528 g/mol. The van der Waals surface area contributed by atoms with E-state index in [1.54, 1.807) is 12.1 Å². The van der Waals surface area contributed by atoms with E-state index in [1.165, 1.54) is 0 Å². The number of halogens is 3. The fourth-order valence-corrected chi connectivity index (χ4v) is 4.86. The fraction of sp³-hybridized carbons (Fsp3) is 0. The molecule has 0 aliphatic rings. The number of hydrogen-bond acceptors (Lipinski definition) is 3. The molecule has 0 aliphatic heterocycles. The summed E-state index contributed by atoms with van der Waals surface area (Å²) in [4.78, 5) is 9.10. The highest BCUT2D eigenvalue weighted by atomic mass is 19.2. The molecular weight excluding hydrogens is 509 g/mol. The molecule has 2 heterocycles. The van der Waals surface area contributed by atoms with E-state index in [0.717, 1.165) is 56.3 Å². The third-order valence-corrected chi connectivity index (χ3v) is 6.99. The number of nitrogens with zero attached hydrogens (tertiary/aromatic N) is 2. The summed E-state index contributed by atoms with van der Waals surface area (Å²) < 4.78 is 46.5. The van der Waals surface area contributed by atoms with Crippen LogP contribution < -0.4 is 0 Å². The van der Waals surface area contributed by atoms with Gasteiger partial charge in [0, 0.05) is 11.8 Å². The number of fused-ring (bicyclic) bond motifs is 2. The van der Waals surface area contributed by atoms with Gasteiger partial charge in [-0.3, -0.25) is 4.98 Å². The Kier molecular flexibility index (Phi) is 5.67. The van der Waals surface area contributed by atoms with Crippen molar-refractivity contribution >= 4 is 21.9 Å². The van der Waals surface area contributed by atoms with Gasteiger partial charge in [-0.1, -0.05) is 66.7 Å². The van der Waals surface area contributed by atoms with E-state index in [2.05, 4.69) is 40.3 Å². The molecule has 0 N–H and O–H groups in total. The van der Waals surface area contributed by atoms with Crippen molar-refractivity contribution in [2.75, 3.05) is 0 Å². The lowest BCUT2D eigenvalue weighted by atomic mass is 9.96. The number of rotatable bonds is 4. The molecule has 0 bridgehead atoms. The summed E-state index contributed by atoms with van der Waals surface area (Å²) in [6.45, 7) is 0. The van der Waals surface area contributed by atoms with Gasteiger partial charge in [0.2, 0.25) is 5.89 Å². The maximum Gasteiger partial charge on any atom is 0.246 e. The molecule has 0 saturated carbocycles. The molecule has 2 aromatic heterocycles. The molecule has 0 aliphatic carbocycles. The molecule has 7 aromatic rings. The predicted octanol–water partition coefficient (Wildman–Crippen LogP) is 9.46. The normalized spacial score (nSPS) is 11.4. The van der Waals surface area contributed by atoms with Gasteiger partial charge >= 0.3 is 0 Å². The molecule has 7 rings (SSSR count). The molecule has 6 heteroatoms. The van der Waals surface area contributed by atoms with E-state index in [1.807, 2.05) is 60.8 Å². The Morgan fingerprint density at radius 3 is 1.73 bits per heavy atom. The van der Waals surface area contributed by atoms with E-state index in [4.69, 9.17) is 4.42 Å². The Labute approximate surface area is 227 Å². The number of benzene rings is 5.